The number of allylic oxidation sites excluding steroid dienone is 1. The van der Waals surface area contributed by atoms with E-state index in [1.54, 1.807) is 65.6 Å². The van der Waals surface area contributed by atoms with Crippen molar-refractivity contribution in [3.63, 3.8) is 0 Å². The molecule has 1 aliphatic heterocycles. The highest BCUT2D eigenvalue weighted by Crippen LogP contribution is 2.62. The maximum absolute atomic E-state index is 14.9. The quantitative estimate of drug-likeness (QED) is 0.0387. The molecule has 6 rings (SSSR count). The Morgan fingerprint density at radius 3 is 2.43 bits per heavy atom. The Balaban J connectivity index is 1.57. The molecule has 0 spiro atoms. The number of rotatable bonds is 22. The van der Waals surface area contributed by atoms with Crippen molar-refractivity contribution >= 4 is 17.3 Å². The lowest BCUT2D eigenvalue weighted by atomic mass is 9.55. The highest BCUT2D eigenvalue weighted by molar-refractivity contribution is 6.03. The van der Waals surface area contributed by atoms with Crippen LogP contribution in [0.2, 0.25) is 0 Å². The number of hydrogen-bond acceptors (Lipinski definition) is 13. The average Bonchev–Trinajstić information content (AvgIpc) is 3.27. The van der Waals surface area contributed by atoms with Crippen LogP contribution in [-0.2, 0) is 20.9 Å². The number of oxime groups is 1. The van der Waals surface area contributed by atoms with Crippen LogP contribution in [0.15, 0.2) is 96.2 Å². The van der Waals surface area contributed by atoms with Crippen molar-refractivity contribution in [1.82, 2.24) is 4.90 Å². The van der Waals surface area contributed by atoms with E-state index in [4.69, 9.17) is 24.2 Å². The number of ether oxygens (including phenoxy) is 3. The molecule has 1 saturated carbocycles. The first-order valence-electron chi connectivity index (χ1n) is 20.8. The van der Waals surface area contributed by atoms with Crippen molar-refractivity contribution in [3.8, 4) is 17.6 Å². The number of aliphatic hydroxyl groups excluding tert-OH is 3. The Hall–Kier alpha value is -5.63. The topological polar surface area (TPSA) is 217 Å². The lowest BCUT2D eigenvalue weighted by Crippen LogP contribution is -2.70. The summed E-state index contributed by atoms with van der Waals surface area (Å²) in [6.07, 6.45) is 8.00. The van der Waals surface area contributed by atoms with E-state index >= 15 is 0 Å². The van der Waals surface area contributed by atoms with Gasteiger partial charge in [-0.2, -0.15) is 5.26 Å². The Kier molecular flexibility index (Phi) is 15.6. The van der Waals surface area contributed by atoms with Crippen LogP contribution < -0.4 is 4.74 Å². The van der Waals surface area contributed by atoms with Crippen LogP contribution in [0, 0.1) is 39.2 Å². The normalized spacial score (nSPS) is 23.1. The number of nitriles is 1. The number of carbonyl (C=O) groups is 1. The number of aromatic hydroxyl groups is 1. The van der Waals surface area contributed by atoms with E-state index < -0.39 is 28.6 Å². The molecular formula is C46H54N4O11. The Morgan fingerprint density at radius 2 is 1.75 bits per heavy atom. The maximum atomic E-state index is 14.9. The molecule has 1 heterocycles. The van der Waals surface area contributed by atoms with Crippen LogP contribution >= 0.6 is 0 Å². The Morgan fingerprint density at radius 1 is 1.02 bits per heavy atom. The number of unbranched alkanes of at least 4 members (excludes halogenated alkanes) is 2. The predicted molar refractivity (Wildman–Crippen MR) is 225 cm³/mol. The van der Waals surface area contributed by atoms with Crippen LogP contribution in [0.1, 0.15) is 77.9 Å². The fraction of sp³-hybridized carbons (Fsp3) is 0.457. The van der Waals surface area contributed by atoms with Gasteiger partial charge in [0.1, 0.15) is 24.1 Å². The van der Waals surface area contributed by atoms with Crippen molar-refractivity contribution in [2.75, 3.05) is 46.2 Å². The molecule has 3 aromatic carbocycles. The van der Waals surface area contributed by atoms with E-state index in [2.05, 4.69) is 18.7 Å². The SMILES string of the molecule is C=CCOC12Oc3ccc(O)cc3C3C(CCCCO)C(CCCCO)C=C(C(=NOCc4ccc([N+](=O)[O-])cc4)CC1N(CCOCCO)C(=O)c1ccc(C#N)cc1)C32. The first kappa shape index (κ1) is 44.9. The van der Waals surface area contributed by atoms with E-state index in [0.717, 1.165) is 24.0 Å². The monoisotopic (exact) mass is 838 g/mol. The first-order chi connectivity index (χ1) is 29.7. The van der Waals surface area contributed by atoms with Gasteiger partial charge in [0.05, 0.1) is 54.6 Å². The highest BCUT2D eigenvalue weighted by atomic mass is 16.7. The van der Waals surface area contributed by atoms with Crippen LogP contribution in [0.5, 0.6) is 11.5 Å². The number of nitro benzene ring substituents is 1. The van der Waals surface area contributed by atoms with Crippen LogP contribution in [0.3, 0.4) is 0 Å². The zero-order chi connectivity index (χ0) is 43.4. The minimum Gasteiger partial charge on any atom is -0.508 e. The number of non-ortho nitro benzene ring substituents is 1. The van der Waals surface area contributed by atoms with Gasteiger partial charge >= 0.3 is 0 Å². The standard InChI is InChI=1S/C46H54N4O11/c1-2-23-59-46-42(49(19-24-58-25-22-53)45(55)33-13-9-31(29-47)10-14-33)28-40(48-60-30-32-11-15-35(16-12-32)50(56)57)38-26-34(7-3-5-20-51)37(8-4-6-21-52)43(44(38)46)39-27-36(54)17-18-41(39)61-46/h2,9-18,26-27,34,37,42-44,51-54H,1,3-8,19-25,28,30H2. The molecule has 3 aromatic rings. The molecular weight excluding hydrogens is 785 g/mol. The van der Waals surface area contributed by atoms with Gasteiger partial charge in [0, 0.05) is 55.4 Å². The van der Waals surface area contributed by atoms with Gasteiger partial charge < -0.3 is 44.4 Å². The average molecular weight is 839 g/mol. The zero-order valence-corrected chi connectivity index (χ0v) is 34.1. The largest absolute Gasteiger partial charge is 0.508 e. The predicted octanol–water partition coefficient (Wildman–Crippen LogP) is 6.16. The Bertz CT molecular complexity index is 2080. The molecule has 61 heavy (non-hydrogen) atoms. The molecule has 0 saturated heterocycles. The minimum atomic E-state index is -1.57. The number of benzene rings is 3. The van der Waals surface area contributed by atoms with Crippen LogP contribution in [0.25, 0.3) is 0 Å². The third-order valence-corrected chi connectivity index (χ3v) is 11.8. The van der Waals surface area contributed by atoms with Crippen LogP contribution in [0.4, 0.5) is 5.69 Å². The molecule has 15 nitrogen and oxygen atoms in total. The summed E-state index contributed by atoms with van der Waals surface area (Å²) >= 11 is 0. The second-order valence-corrected chi connectivity index (χ2v) is 15.5. The Labute approximate surface area is 355 Å². The van der Waals surface area contributed by atoms with E-state index in [9.17, 15) is 40.6 Å². The molecule has 4 N–H and O–H groups in total. The van der Waals surface area contributed by atoms with E-state index in [1.807, 2.05) is 0 Å². The van der Waals surface area contributed by atoms with Crippen molar-refractivity contribution in [1.29, 1.82) is 5.26 Å². The lowest BCUT2D eigenvalue weighted by molar-refractivity contribution is -0.384. The number of aliphatic hydroxyl groups is 3. The summed E-state index contributed by atoms with van der Waals surface area (Å²) in [6.45, 7) is 3.99. The summed E-state index contributed by atoms with van der Waals surface area (Å²) in [6, 6.07) is 18.5. The molecule has 3 aliphatic rings. The maximum Gasteiger partial charge on any atom is 0.269 e. The number of nitro groups is 1. The molecule has 324 valence electrons. The van der Waals surface area contributed by atoms with Gasteiger partial charge in [-0.15, -0.1) is 6.58 Å². The zero-order valence-electron chi connectivity index (χ0n) is 34.1. The molecule has 2 aliphatic carbocycles. The van der Waals surface area contributed by atoms with Gasteiger partial charge in [-0.05, 0) is 103 Å². The number of fused-ring (bicyclic) bond motifs is 2. The van der Waals surface area contributed by atoms with Crippen molar-refractivity contribution in [3.05, 3.63) is 123 Å². The summed E-state index contributed by atoms with van der Waals surface area (Å²) in [4.78, 5) is 33.5. The molecule has 6 unspecified atom stereocenters. The van der Waals surface area contributed by atoms with Gasteiger partial charge in [-0.25, -0.2) is 0 Å². The molecule has 15 heteroatoms. The summed E-state index contributed by atoms with van der Waals surface area (Å²) in [5.41, 5.74) is 3.36. The number of hydrogen-bond donors (Lipinski definition) is 4. The molecule has 0 radical (unpaired) electrons. The van der Waals surface area contributed by atoms with E-state index in [1.165, 1.54) is 12.1 Å². The number of nitrogens with zero attached hydrogens (tertiary/aromatic N) is 4. The second-order valence-electron chi connectivity index (χ2n) is 15.5. The first-order valence-corrected chi connectivity index (χ1v) is 20.8. The molecule has 6 atom stereocenters. The summed E-state index contributed by atoms with van der Waals surface area (Å²) in [5, 5.41) is 65.9. The van der Waals surface area contributed by atoms with Crippen molar-refractivity contribution in [2.24, 2.45) is 22.9 Å². The van der Waals surface area contributed by atoms with Gasteiger partial charge in [0.2, 0.25) is 5.79 Å². The van der Waals surface area contributed by atoms with Crippen molar-refractivity contribution in [2.45, 2.75) is 69.3 Å². The number of amides is 1. The fourth-order valence-electron chi connectivity index (χ4n) is 9.14. The summed E-state index contributed by atoms with van der Waals surface area (Å²) in [7, 11) is 0. The van der Waals surface area contributed by atoms with Gasteiger partial charge in [-0.3, -0.25) is 14.9 Å². The van der Waals surface area contributed by atoms with Gasteiger partial charge in [0.15, 0.2) is 0 Å². The van der Waals surface area contributed by atoms with Gasteiger partial charge in [0.25, 0.3) is 11.6 Å². The van der Waals surface area contributed by atoms with E-state index in [0.29, 0.717) is 53.8 Å². The smallest absolute Gasteiger partial charge is 0.269 e. The molecule has 1 fully saturated rings. The van der Waals surface area contributed by atoms with E-state index in [-0.39, 0.29) is 88.4 Å². The third kappa shape index (κ3) is 10.1. The number of carbonyl (C=O) groups excluding carboxylic acids is 1. The molecule has 0 bridgehead atoms. The summed E-state index contributed by atoms with van der Waals surface area (Å²) in [5.74, 6) is -2.53. The molecule has 0 aromatic heterocycles. The lowest BCUT2D eigenvalue weighted by Gasteiger charge is -2.60. The van der Waals surface area contributed by atoms with Gasteiger partial charge in [-0.1, -0.05) is 30.1 Å². The van der Waals surface area contributed by atoms with Crippen LogP contribution in [-0.4, -0.2) is 99.9 Å². The third-order valence-electron chi connectivity index (χ3n) is 11.8. The second kappa shape index (κ2) is 21.2. The number of phenolic OH excluding ortho intramolecular Hbond substituents is 1. The number of phenols is 1. The minimum absolute atomic E-state index is 0.00848. The summed E-state index contributed by atoms with van der Waals surface area (Å²) < 4.78 is 19.9. The molecule has 1 amide bonds. The highest BCUT2D eigenvalue weighted by Gasteiger charge is 2.65. The van der Waals surface area contributed by atoms with Crippen molar-refractivity contribution < 1.29 is 49.2 Å². The fourth-order valence-corrected chi connectivity index (χ4v) is 9.14.